The molecular weight excluding hydrogens is 252 g/mol. The van der Waals surface area contributed by atoms with E-state index in [1.54, 1.807) is 11.3 Å². The number of benzene rings is 1. The normalized spacial score (nSPS) is 10.7. The average Bonchev–Trinajstić information content (AvgIpc) is 2.75. The van der Waals surface area contributed by atoms with Crippen molar-refractivity contribution in [3.8, 4) is 0 Å². The number of halogens is 1. The van der Waals surface area contributed by atoms with Gasteiger partial charge >= 0.3 is 0 Å². The highest BCUT2D eigenvalue weighted by Gasteiger charge is 1.98. The zero-order valence-corrected chi connectivity index (χ0v) is 11.0. The Hall–Kier alpha value is -0.870. The van der Waals surface area contributed by atoms with Gasteiger partial charge in [0.2, 0.25) is 0 Å². The maximum Gasteiger partial charge on any atom is 0.0931 e. The molecule has 4 heteroatoms. The van der Waals surface area contributed by atoms with Crippen molar-refractivity contribution >= 4 is 22.9 Å². The molecule has 0 aliphatic heterocycles. The van der Waals surface area contributed by atoms with Crippen LogP contribution in [0.25, 0.3) is 0 Å². The lowest BCUT2D eigenvalue weighted by Gasteiger charge is -2.05. The Morgan fingerprint density at radius 2 is 1.94 bits per heavy atom. The van der Waals surface area contributed by atoms with Gasteiger partial charge < -0.3 is 11.1 Å². The minimum absolute atomic E-state index is 0.592. The van der Waals surface area contributed by atoms with Crippen molar-refractivity contribution in [2.75, 3.05) is 0 Å². The number of nitrogens with two attached hydrogens (primary N) is 1. The lowest BCUT2D eigenvalue weighted by Crippen LogP contribution is -2.12. The molecule has 0 aliphatic rings. The molecule has 2 rings (SSSR count). The molecule has 0 saturated carbocycles. The van der Waals surface area contributed by atoms with E-state index in [1.807, 2.05) is 18.2 Å². The SMILES string of the molecule is NCc1cccc(CNCc2ccc(Cl)s2)c1. The molecule has 0 fully saturated rings. The van der Waals surface area contributed by atoms with Crippen LogP contribution < -0.4 is 11.1 Å². The van der Waals surface area contributed by atoms with Crippen LogP contribution in [0.2, 0.25) is 4.34 Å². The first-order chi connectivity index (χ1) is 8.28. The summed E-state index contributed by atoms with van der Waals surface area (Å²) in [6, 6.07) is 12.3. The topological polar surface area (TPSA) is 38.0 Å². The molecule has 0 bridgehead atoms. The van der Waals surface area contributed by atoms with Gasteiger partial charge in [-0.2, -0.15) is 0 Å². The maximum atomic E-state index is 5.87. The van der Waals surface area contributed by atoms with E-state index in [0.717, 1.165) is 17.4 Å². The average molecular weight is 267 g/mol. The molecule has 0 unspecified atom stereocenters. The summed E-state index contributed by atoms with van der Waals surface area (Å²) in [4.78, 5) is 1.25. The first-order valence-electron chi connectivity index (χ1n) is 5.51. The summed E-state index contributed by atoms with van der Waals surface area (Å²) in [5, 5.41) is 3.39. The van der Waals surface area contributed by atoms with Crippen LogP contribution in [-0.2, 0) is 19.6 Å². The number of thiophene rings is 1. The van der Waals surface area contributed by atoms with Gasteiger partial charge in [-0.25, -0.2) is 0 Å². The Morgan fingerprint density at radius 1 is 1.12 bits per heavy atom. The Balaban J connectivity index is 1.85. The molecule has 1 aromatic carbocycles. The summed E-state index contributed by atoms with van der Waals surface area (Å²) in [5.41, 5.74) is 8.04. The van der Waals surface area contributed by atoms with E-state index in [4.69, 9.17) is 17.3 Å². The molecule has 0 atom stereocenters. The van der Waals surface area contributed by atoms with Crippen molar-refractivity contribution in [3.05, 3.63) is 56.7 Å². The Kier molecular flexibility index (Phi) is 4.57. The van der Waals surface area contributed by atoms with Gasteiger partial charge in [0.05, 0.1) is 4.34 Å². The zero-order valence-electron chi connectivity index (χ0n) is 9.45. The highest BCUT2D eigenvalue weighted by atomic mass is 35.5. The molecule has 90 valence electrons. The molecule has 1 heterocycles. The summed E-state index contributed by atoms with van der Waals surface area (Å²) in [6.07, 6.45) is 0. The van der Waals surface area contributed by atoms with Gasteiger partial charge in [-0.1, -0.05) is 35.9 Å². The molecule has 2 aromatic rings. The van der Waals surface area contributed by atoms with E-state index in [9.17, 15) is 0 Å². The fourth-order valence-electron chi connectivity index (χ4n) is 1.64. The van der Waals surface area contributed by atoms with Crippen LogP contribution in [0, 0.1) is 0 Å². The van der Waals surface area contributed by atoms with E-state index in [2.05, 4.69) is 23.5 Å². The molecule has 0 saturated heterocycles. The number of hydrogen-bond acceptors (Lipinski definition) is 3. The third-order valence-electron chi connectivity index (χ3n) is 2.48. The summed E-state index contributed by atoms with van der Waals surface area (Å²) >= 11 is 7.49. The van der Waals surface area contributed by atoms with E-state index in [1.165, 1.54) is 16.0 Å². The molecule has 17 heavy (non-hydrogen) atoms. The molecule has 0 amide bonds. The monoisotopic (exact) mass is 266 g/mol. The Morgan fingerprint density at radius 3 is 2.65 bits per heavy atom. The lowest BCUT2D eigenvalue weighted by atomic mass is 10.1. The third-order valence-corrected chi connectivity index (χ3v) is 3.72. The van der Waals surface area contributed by atoms with E-state index >= 15 is 0 Å². The minimum atomic E-state index is 0.592. The van der Waals surface area contributed by atoms with Gasteiger partial charge in [-0.3, -0.25) is 0 Å². The number of rotatable bonds is 5. The molecular formula is C13H15ClN2S. The molecule has 1 aromatic heterocycles. The highest BCUT2D eigenvalue weighted by molar-refractivity contribution is 7.16. The van der Waals surface area contributed by atoms with Crippen LogP contribution in [0.15, 0.2) is 36.4 Å². The predicted molar refractivity (Wildman–Crippen MR) is 74.2 cm³/mol. The number of nitrogens with one attached hydrogen (secondary N) is 1. The second kappa shape index (κ2) is 6.17. The van der Waals surface area contributed by atoms with Gasteiger partial charge in [0.1, 0.15) is 0 Å². The lowest BCUT2D eigenvalue weighted by molar-refractivity contribution is 0.700. The largest absolute Gasteiger partial charge is 0.326 e. The van der Waals surface area contributed by atoms with E-state index in [0.29, 0.717) is 6.54 Å². The third kappa shape index (κ3) is 3.82. The van der Waals surface area contributed by atoms with Crippen molar-refractivity contribution in [2.24, 2.45) is 5.73 Å². The van der Waals surface area contributed by atoms with Crippen molar-refractivity contribution < 1.29 is 0 Å². The number of hydrogen-bond donors (Lipinski definition) is 2. The van der Waals surface area contributed by atoms with Crippen molar-refractivity contribution in [3.63, 3.8) is 0 Å². The standard InChI is InChI=1S/C13H15ClN2S/c14-13-5-4-12(17-13)9-16-8-11-3-1-2-10(6-11)7-15/h1-6,16H,7-9,15H2. The van der Waals surface area contributed by atoms with Crippen LogP contribution in [0.3, 0.4) is 0 Å². The quantitative estimate of drug-likeness (QED) is 0.873. The maximum absolute atomic E-state index is 5.87. The van der Waals surface area contributed by atoms with E-state index < -0.39 is 0 Å². The smallest absolute Gasteiger partial charge is 0.0931 e. The molecule has 3 N–H and O–H groups in total. The van der Waals surface area contributed by atoms with Crippen LogP contribution in [0.4, 0.5) is 0 Å². The first kappa shape index (κ1) is 12.6. The van der Waals surface area contributed by atoms with Crippen LogP contribution in [-0.4, -0.2) is 0 Å². The molecule has 0 radical (unpaired) electrons. The van der Waals surface area contributed by atoms with Gasteiger partial charge in [0.15, 0.2) is 0 Å². The van der Waals surface area contributed by atoms with Crippen LogP contribution >= 0.6 is 22.9 Å². The van der Waals surface area contributed by atoms with Gasteiger partial charge in [0.25, 0.3) is 0 Å². The van der Waals surface area contributed by atoms with Crippen LogP contribution in [0.5, 0.6) is 0 Å². The second-order valence-electron chi connectivity index (χ2n) is 3.83. The Labute approximate surface area is 110 Å². The van der Waals surface area contributed by atoms with Crippen molar-refractivity contribution in [1.82, 2.24) is 5.32 Å². The summed E-state index contributed by atoms with van der Waals surface area (Å²) in [7, 11) is 0. The van der Waals surface area contributed by atoms with Crippen molar-refractivity contribution in [2.45, 2.75) is 19.6 Å². The highest BCUT2D eigenvalue weighted by Crippen LogP contribution is 2.21. The summed E-state index contributed by atoms with van der Waals surface area (Å²) in [5.74, 6) is 0. The zero-order chi connectivity index (χ0) is 12.1. The Bertz CT molecular complexity index is 482. The first-order valence-corrected chi connectivity index (χ1v) is 6.70. The van der Waals surface area contributed by atoms with Crippen molar-refractivity contribution in [1.29, 1.82) is 0 Å². The second-order valence-corrected chi connectivity index (χ2v) is 5.63. The summed E-state index contributed by atoms with van der Waals surface area (Å²) in [6.45, 7) is 2.29. The molecule has 2 nitrogen and oxygen atoms in total. The molecule has 0 spiro atoms. The molecule has 0 aliphatic carbocycles. The predicted octanol–water partition coefficient (Wildman–Crippen LogP) is 3.15. The van der Waals surface area contributed by atoms with Gasteiger partial charge in [0, 0.05) is 24.5 Å². The summed E-state index contributed by atoms with van der Waals surface area (Å²) < 4.78 is 0.840. The fourth-order valence-corrected chi connectivity index (χ4v) is 2.70. The fraction of sp³-hybridized carbons (Fsp3) is 0.231. The van der Waals surface area contributed by atoms with Crippen LogP contribution in [0.1, 0.15) is 16.0 Å². The van der Waals surface area contributed by atoms with Gasteiger partial charge in [-0.05, 0) is 23.3 Å². The van der Waals surface area contributed by atoms with Gasteiger partial charge in [-0.15, -0.1) is 11.3 Å². The minimum Gasteiger partial charge on any atom is -0.326 e. The van der Waals surface area contributed by atoms with E-state index in [-0.39, 0.29) is 0 Å².